The minimum atomic E-state index is -0.913. The molecule has 0 aliphatic carbocycles. The van der Waals surface area contributed by atoms with Crippen LogP contribution in [0.2, 0.25) is 0 Å². The Balaban J connectivity index is 1.36. The Bertz CT molecular complexity index is 1400. The molecule has 0 aliphatic rings. The molecule has 0 saturated heterocycles. The zero-order valence-corrected chi connectivity index (χ0v) is 17.7. The zero-order chi connectivity index (χ0) is 21.4. The Hall–Kier alpha value is -3.53. The van der Waals surface area contributed by atoms with Gasteiger partial charge in [0.05, 0.1) is 22.1 Å². The van der Waals surface area contributed by atoms with E-state index in [4.69, 9.17) is 4.98 Å². The molecule has 0 unspecified atom stereocenters. The third kappa shape index (κ3) is 3.38. The number of anilines is 1. The molecule has 0 spiro atoms. The summed E-state index contributed by atoms with van der Waals surface area (Å²) < 4.78 is 5.76. The highest BCUT2D eigenvalue weighted by Gasteiger charge is 2.18. The second-order valence-electron chi connectivity index (χ2n) is 7.03. The van der Waals surface area contributed by atoms with E-state index >= 15 is 0 Å². The van der Waals surface area contributed by atoms with Crippen LogP contribution in [0.25, 0.3) is 27.8 Å². The van der Waals surface area contributed by atoms with E-state index in [1.54, 1.807) is 16.3 Å². The summed E-state index contributed by atoms with van der Waals surface area (Å²) in [5.41, 5.74) is 3.81. The predicted molar refractivity (Wildman–Crippen MR) is 121 cm³/mol. The molecule has 0 radical (unpaired) electrons. The maximum absolute atomic E-state index is 11.3. The van der Waals surface area contributed by atoms with Gasteiger partial charge in [-0.3, -0.25) is 13.8 Å². The highest BCUT2D eigenvalue weighted by Crippen LogP contribution is 2.26. The standard InChI is InChI=1S/C21H21N7O2S/c1-2-26-15-8-4-3-7-14(15)23-19(26)22-11-12-31-21-25-24-20-27(13-18(29)30)16-9-5-6-10-17(16)28(20)21/h3-10H,2,11-13H2,1H3,(H,22,23)(H,29,30). The number of carboxylic acids is 1. The van der Waals surface area contributed by atoms with Gasteiger partial charge in [0.25, 0.3) is 0 Å². The first-order valence-electron chi connectivity index (χ1n) is 10.0. The fourth-order valence-corrected chi connectivity index (χ4v) is 4.65. The van der Waals surface area contributed by atoms with Crippen molar-refractivity contribution < 1.29 is 9.90 Å². The molecule has 9 nitrogen and oxygen atoms in total. The molecular formula is C21H21N7O2S. The monoisotopic (exact) mass is 435 g/mol. The summed E-state index contributed by atoms with van der Waals surface area (Å²) >= 11 is 1.57. The molecule has 0 saturated carbocycles. The number of aryl methyl sites for hydroxylation is 1. The number of fused-ring (bicyclic) bond motifs is 4. The average molecular weight is 436 g/mol. The van der Waals surface area contributed by atoms with E-state index in [0.29, 0.717) is 12.3 Å². The molecule has 2 aromatic carbocycles. The normalized spacial score (nSPS) is 11.6. The second kappa shape index (κ2) is 7.95. The predicted octanol–water partition coefficient (Wildman–Crippen LogP) is 3.34. The number of para-hydroxylation sites is 4. The summed E-state index contributed by atoms with van der Waals surface area (Å²) in [6, 6.07) is 15.8. The number of hydrogen-bond acceptors (Lipinski definition) is 6. The van der Waals surface area contributed by atoms with Crippen LogP contribution in [0.3, 0.4) is 0 Å². The quantitative estimate of drug-likeness (QED) is 0.285. The van der Waals surface area contributed by atoms with Crippen LogP contribution in [0.5, 0.6) is 0 Å². The molecule has 158 valence electrons. The van der Waals surface area contributed by atoms with Gasteiger partial charge in [0.2, 0.25) is 11.7 Å². The van der Waals surface area contributed by atoms with Gasteiger partial charge in [-0.15, -0.1) is 10.2 Å². The number of nitrogens with zero attached hydrogens (tertiary/aromatic N) is 6. The smallest absolute Gasteiger partial charge is 0.323 e. The van der Waals surface area contributed by atoms with Crippen molar-refractivity contribution in [1.82, 2.24) is 28.7 Å². The summed E-state index contributed by atoms with van der Waals surface area (Å²) in [5.74, 6) is 1.23. The van der Waals surface area contributed by atoms with Crippen molar-refractivity contribution in [2.24, 2.45) is 0 Å². The molecule has 0 fully saturated rings. The maximum atomic E-state index is 11.3. The van der Waals surface area contributed by atoms with Crippen LogP contribution in [0.4, 0.5) is 5.95 Å². The number of nitrogens with one attached hydrogen (secondary N) is 1. The molecule has 0 aliphatic heterocycles. The molecule has 3 aromatic heterocycles. The van der Waals surface area contributed by atoms with Crippen LogP contribution < -0.4 is 5.32 Å². The highest BCUT2D eigenvalue weighted by molar-refractivity contribution is 7.99. The lowest BCUT2D eigenvalue weighted by atomic mass is 10.3. The molecule has 0 amide bonds. The molecule has 2 N–H and O–H groups in total. The van der Waals surface area contributed by atoms with Gasteiger partial charge in [-0.25, -0.2) is 4.98 Å². The van der Waals surface area contributed by atoms with E-state index in [2.05, 4.69) is 33.1 Å². The number of aliphatic carboxylic acids is 1. The lowest BCUT2D eigenvalue weighted by Gasteiger charge is -2.08. The van der Waals surface area contributed by atoms with Crippen LogP contribution in [0.1, 0.15) is 6.92 Å². The Labute approximate surface area is 181 Å². The summed E-state index contributed by atoms with van der Waals surface area (Å²) in [5, 5.41) is 22.0. The third-order valence-electron chi connectivity index (χ3n) is 5.15. The first kappa shape index (κ1) is 19.4. The summed E-state index contributed by atoms with van der Waals surface area (Å²) in [6.45, 7) is 3.49. The first-order valence-corrected chi connectivity index (χ1v) is 11.0. The zero-order valence-electron chi connectivity index (χ0n) is 16.9. The molecule has 31 heavy (non-hydrogen) atoms. The molecule has 0 atom stereocenters. The van der Waals surface area contributed by atoms with Gasteiger partial charge < -0.3 is 15.0 Å². The van der Waals surface area contributed by atoms with Crippen molar-refractivity contribution in [3.63, 3.8) is 0 Å². The number of benzene rings is 2. The maximum Gasteiger partial charge on any atom is 0.323 e. The average Bonchev–Trinajstić information content (AvgIpc) is 3.43. The van der Waals surface area contributed by atoms with Gasteiger partial charge in [0, 0.05) is 18.8 Å². The Morgan fingerprint density at radius 1 is 1.03 bits per heavy atom. The van der Waals surface area contributed by atoms with Crippen molar-refractivity contribution in [2.75, 3.05) is 17.6 Å². The molecule has 3 heterocycles. The second-order valence-corrected chi connectivity index (χ2v) is 8.09. The minimum Gasteiger partial charge on any atom is -0.480 e. The van der Waals surface area contributed by atoms with Crippen molar-refractivity contribution in [3.8, 4) is 0 Å². The van der Waals surface area contributed by atoms with Gasteiger partial charge in [-0.2, -0.15) is 0 Å². The molecule has 5 aromatic rings. The van der Waals surface area contributed by atoms with Gasteiger partial charge >= 0.3 is 5.97 Å². The summed E-state index contributed by atoms with van der Waals surface area (Å²) in [7, 11) is 0. The lowest BCUT2D eigenvalue weighted by molar-refractivity contribution is -0.137. The van der Waals surface area contributed by atoms with E-state index in [-0.39, 0.29) is 6.54 Å². The summed E-state index contributed by atoms with van der Waals surface area (Å²) in [4.78, 5) is 16.0. The fourth-order valence-electron chi connectivity index (χ4n) is 3.86. The van der Waals surface area contributed by atoms with Crippen LogP contribution in [-0.4, -0.2) is 52.1 Å². The van der Waals surface area contributed by atoms with E-state index < -0.39 is 5.97 Å². The number of carbonyl (C=O) groups is 1. The fraction of sp³-hybridized carbons (Fsp3) is 0.238. The number of thioether (sulfide) groups is 1. The Kier molecular flexibility index (Phi) is 4.99. The first-order chi connectivity index (χ1) is 15.2. The van der Waals surface area contributed by atoms with E-state index in [9.17, 15) is 9.90 Å². The molecule has 10 heteroatoms. The number of carboxylic acid groups (broad SMARTS) is 1. The minimum absolute atomic E-state index is 0.158. The lowest BCUT2D eigenvalue weighted by Crippen LogP contribution is -2.10. The van der Waals surface area contributed by atoms with Crippen molar-refractivity contribution in [1.29, 1.82) is 0 Å². The van der Waals surface area contributed by atoms with Crippen LogP contribution in [-0.2, 0) is 17.9 Å². The summed E-state index contributed by atoms with van der Waals surface area (Å²) in [6.07, 6.45) is 0. The van der Waals surface area contributed by atoms with Crippen LogP contribution in [0, 0.1) is 0 Å². The van der Waals surface area contributed by atoms with Crippen LogP contribution >= 0.6 is 11.8 Å². The Morgan fingerprint density at radius 2 is 1.77 bits per heavy atom. The van der Waals surface area contributed by atoms with Gasteiger partial charge in [-0.05, 0) is 31.2 Å². The SMILES string of the molecule is CCn1c(NCCSc2nnc3n(CC(=O)O)c4ccccc4n23)nc2ccccc21. The number of hydrogen-bond donors (Lipinski definition) is 2. The number of aromatic nitrogens is 6. The van der Waals surface area contributed by atoms with E-state index in [1.165, 1.54) is 0 Å². The van der Waals surface area contributed by atoms with Crippen molar-refractivity contribution in [3.05, 3.63) is 48.5 Å². The van der Waals surface area contributed by atoms with E-state index in [0.717, 1.165) is 45.5 Å². The van der Waals surface area contributed by atoms with Crippen LogP contribution in [0.15, 0.2) is 53.7 Å². The topological polar surface area (TPSA) is 102 Å². The molecule has 5 rings (SSSR count). The number of rotatable bonds is 8. The van der Waals surface area contributed by atoms with Gasteiger partial charge in [0.15, 0.2) is 5.16 Å². The highest BCUT2D eigenvalue weighted by atomic mass is 32.2. The van der Waals surface area contributed by atoms with Gasteiger partial charge in [0.1, 0.15) is 6.54 Å². The number of imidazole rings is 2. The molecule has 0 bridgehead atoms. The Morgan fingerprint density at radius 3 is 2.55 bits per heavy atom. The molecular weight excluding hydrogens is 414 g/mol. The van der Waals surface area contributed by atoms with Gasteiger partial charge in [-0.1, -0.05) is 36.0 Å². The van der Waals surface area contributed by atoms with Crippen molar-refractivity contribution >= 4 is 51.5 Å². The van der Waals surface area contributed by atoms with E-state index in [1.807, 2.05) is 46.9 Å². The largest absolute Gasteiger partial charge is 0.480 e. The van der Waals surface area contributed by atoms with Crippen molar-refractivity contribution in [2.45, 2.75) is 25.2 Å². The third-order valence-corrected chi connectivity index (χ3v) is 6.08.